The summed E-state index contributed by atoms with van der Waals surface area (Å²) in [6, 6.07) is 4.05. The number of rotatable bonds is 7. The first kappa shape index (κ1) is 12.9. The Morgan fingerprint density at radius 2 is 2.39 bits per heavy atom. The van der Waals surface area contributed by atoms with E-state index in [4.69, 9.17) is 4.42 Å². The largest absolute Gasteiger partial charge is 0.466 e. The average molecular weight is 247 g/mol. The van der Waals surface area contributed by atoms with Gasteiger partial charge in [-0.1, -0.05) is 13.0 Å². The zero-order chi connectivity index (χ0) is 13.0. The van der Waals surface area contributed by atoms with Gasteiger partial charge in [0.15, 0.2) is 0 Å². The molecule has 1 aromatic rings. The lowest BCUT2D eigenvalue weighted by molar-refractivity contribution is -0.121. The highest BCUT2D eigenvalue weighted by Crippen LogP contribution is 2.47. The van der Waals surface area contributed by atoms with Gasteiger partial charge in [0.05, 0.1) is 0 Å². The van der Waals surface area contributed by atoms with E-state index in [-0.39, 0.29) is 5.91 Å². The number of nitrogens with one attached hydrogen (secondary N) is 1. The second-order valence-corrected chi connectivity index (χ2v) is 5.05. The quantitative estimate of drug-likeness (QED) is 0.594. The molecule has 1 heterocycles. The van der Waals surface area contributed by atoms with E-state index in [0.717, 1.165) is 23.9 Å². The molecule has 0 radical (unpaired) electrons. The van der Waals surface area contributed by atoms with Crippen LogP contribution in [-0.2, 0) is 11.2 Å². The molecule has 1 aliphatic carbocycles. The van der Waals surface area contributed by atoms with Crippen LogP contribution in [0.1, 0.15) is 43.6 Å². The molecule has 0 saturated heterocycles. The Balaban J connectivity index is 1.71. The van der Waals surface area contributed by atoms with Gasteiger partial charge in [-0.05, 0) is 30.9 Å². The first-order valence-corrected chi connectivity index (χ1v) is 6.67. The molecule has 3 nitrogen and oxygen atoms in total. The molecule has 0 aromatic carbocycles. The summed E-state index contributed by atoms with van der Waals surface area (Å²) in [6.45, 7) is 6.52. The van der Waals surface area contributed by atoms with Gasteiger partial charge in [-0.25, -0.2) is 0 Å². The molecule has 1 saturated carbocycles. The first-order chi connectivity index (χ1) is 8.70. The monoisotopic (exact) mass is 247 g/mol. The highest BCUT2D eigenvalue weighted by molar-refractivity contribution is 5.76. The highest BCUT2D eigenvalue weighted by atomic mass is 16.3. The van der Waals surface area contributed by atoms with Gasteiger partial charge in [0.2, 0.25) is 5.91 Å². The number of carbonyl (C=O) groups excluding carboxylic acids is 1. The summed E-state index contributed by atoms with van der Waals surface area (Å²) < 4.78 is 5.76. The van der Waals surface area contributed by atoms with E-state index in [1.54, 1.807) is 6.08 Å². The van der Waals surface area contributed by atoms with Crippen LogP contribution in [0, 0.1) is 5.92 Å². The van der Waals surface area contributed by atoms with E-state index in [1.807, 2.05) is 6.07 Å². The minimum Gasteiger partial charge on any atom is -0.466 e. The second-order valence-electron chi connectivity index (χ2n) is 5.05. The highest BCUT2D eigenvalue weighted by Gasteiger charge is 2.36. The summed E-state index contributed by atoms with van der Waals surface area (Å²) in [5.74, 6) is 3.45. The number of furan rings is 1. The average Bonchev–Trinajstić information content (AvgIpc) is 2.91. The summed E-state index contributed by atoms with van der Waals surface area (Å²) in [4.78, 5) is 11.5. The molecule has 2 atom stereocenters. The van der Waals surface area contributed by atoms with E-state index in [2.05, 4.69) is 24.9 Å². The van der Waals surface area contributed by atoms with Gasteiger partial charge < -0.3 is 9.73 Å². The van der Waals surface area contributed by atoms with E-state index >= 15 is 0 Å². The molecule has 1 N–H and O–H groups in total. The normalized spacial score (nSPS) is 21.6. The molecule has 0 spiro atoms. The number of aryl methyl sites for hydroxylation is 1. The predicted octanol–water partition coefficient (Wildman–Crippen LogP) is 3.03. The maximum Gasteiger partial charge on any atom is 0.220 e. The molecular formula is C15H21NO2. The third kappa shape index (κ3) is 3.49. The van der Waals surface area contributed by atoms with Crippen LogP contribution in [0.4, 0.5) is 0 Å². The smallest absolute Gasteiger partial charge is 0.220 e. The Morgan fingerprint density at radius 1 is 1.61 bits per heavy atom. The number of hydrogen-bond acceptors (Lipinski definition) is 2. The van der Waals surface area contributed by atoms with Crippen molar-refractivity contribution in [2.24, 2.45) is 5.92 Å². The van der Waals surface area contributed by atoms with Gasteiger partial charge in [0.25, 0.3) is 0 Å². The Hall–Kier alpha value is -1.51. The molecule has 18 heavy (non-hydrogen) atoms. The second kappa shape index (κ2) is 5.89. The Kier molecular flexibility index (Phi) is 4.24. The van der Waals surface area contributed by atoms with Crippen LogP contribution in [-0.4, -0.2) is 12.5 Å². The summed E-state index contributed by atoms with van der Waals surface area (Å²) in [6.07, 6.45) is 5.02. The van der Waals surface area contributed by atoms with Crippen molar-refractivity contribution < 1.29 is 9.21 Å². The van der Waals surface area contributed by atoms with Crippen molar-refractivity contribution in [2.45, 2.75) is 38.5 Å². The molecule has 0 aliphatic heterocycles. The van der Waals surface area contributed by atoms with Gasteiger partial charge in [0, 0.05) is 25.3 Å². The van der Waals surface area contributed by atoms with Crippen LogP contribution in [0.15, 0.2) is 29.2 Å². The third-order valence-electron chi connectivity index (χ3n) is 3.43. The molecule has 0 bridgehead atoms. The van der Waals surface area contributed by atoms with Crippen molar-refractivity contribution in [3.8, 4) is 0 Å². The third-order valence-corrected chi connectivity index (χ3v) is 3.43. The van der Waals surface area contributed by atoms with Crippen LogP contribution in [0.5, 0.6) is 0 Å². The predicted molar refractivity (Wildman–Crippen MR) is 71.4 cm³/mol. The van der Waals surface area contributed by atoms with Crippen molar-refractivity contribution in [1.29, 1.82) is 0 Å². The van der Waals surface area contributed by atoms with Crippen molar-refractivity contribution in [1.82, 2.24) is 5.32 Å². The van der Waals surface area contributed by atoms with Gasteiger partial charge in [-0.15, -0.1) is 6.58 Å². The Bertz CT molecular complexity index is 422. The maximum absolute atomic E-state index is 11.5. The fourth-order valence-corrected chi connectivity index (χ4v) is 2.09. The molecule has 2 rings (SSSR count). The molecular weight excluding hydrogens is 226 g/mol. The molecule has 1 amide bonds. The molecule has 1 aliphatic rings. The zero-order valence-corrected chi connectivity index (χ0v) is 10.9. The minimum absolute atomic E-state index is 0.0783. The molecule has 98 valence electrons. The van der Waals surface area contributed by atoms with Crippen LogP contribution in [0.2, 0.25) is 0 Å². The zero-order valence-electron chi connectivity index (χ0n) is 10.9. The van der Waals surface area contributed by atoms with Crippen LogP contribution in [0.25, 0.3) is 0 Å². The lowest BCUT2D eigenvalue weighted by atomic mass is 10.2. The van der Waals surface area contributed by atoms with Crippen molar-refractivity contribution in [3.63, 3.8) is 0 Å². The molecule has 3 heteroatoms. The Morgan fingerprint density at radius 3 is 3.06 bits per heavy atom. The molecule has 1 aromatic heterocycles. The number of hydrogen-bond donors (Lipinski definition) is 1. The van der Waals surface area contributed by atoms with Crippen LogP contribution in [0.3, 0.4) is 0 Å². The first-order valence-electron chi connectivity index (χ1n) is 6.67. The maximum atomic E-state index is 11.5. The van der Waals surface area contributed by atoms with E-state index in [0.29, 0.717) is 25.3 Å². The fraction of sp³-hybridized carbons (Fsp3) is 0.533. The fourth-order valence-electron chi connectivity index (χ4n) is 2.09. The number of carbonyl (C=O) groups is 1. The lowest BCUT2D eigenvalue weighted by Crippen LogP contribution is -2.24. The number of amides is 1. The summed E-state index contributed by atoms with van der Waals surface area (Å²) in [7, 11) is 0. The van der Waals surface area contributed by atoms with E-state index in [1.165, 1.54) is 6.42 Å². The standard InChI is InChI=1S/C15H21NO2/c1-3-4-9-16-15(17)8-6-12-5-7-14(18-12)13-10-11(13)2/h3,5,7,11,13H,1,4,6,8-10H2,2H3,(H,16,17). The van der Waals surface area contributed by atoms with Crippen molar-refractivity contribution in [2.75, 3.05) is 6.54 Å². The van der Waals surface area contributed by atoms with Crippen LogP contribution >= 0.6 is 0 Å². The van der Waals surface area contributed by atoms with Crippen molar-refractivity contribution in [3.05, 3.63) is 36.3 Å². The van der Waals surface area contributed by atoms with E-state index < -0.39 is 0 Å². The topological polar surface area (TPSA) is 42.2 Å². The SMILES string of the molecule is C=CCCNC(=O)CCc1ccc(C2CC2C)o1. The Labute approximate surface area is 108 Å². The minimum atomic E-state index is 0.0783. The lowest BCUT2D eigenvalue weighted by Gasteiger charge is -2.01. The van der Waals surface area contributed by atoms with E-state index in [9.17, 15) is 4.79 Å². The summed E-state index contributed by atoms with van der Waals surface area (Å²) in [5, 5.41) is 2.85. The van der Waals surface area contributed by atoms with Gasteiger partial charge >= 0.3 is 0 Å². The van der Waals surface area contributed by atoms with Crippen molar-refractivity contribution >= 4 is 5.91 Å². The van der Waals surface area contributed by atoms with Gasteiger partial charge in [-0.3, -0.25) is 4.79 Å². The molecule has 2 unspecified atom stereocenters. The van der Waals surface area contributed by atoms with Gasteiger partial charge in [-0.2, -0.15) is 0 Å². The van der Waals surface area contributed by atoms with Crippen LogP contribution < -0.4 is 5.32 Å². The van der Waals surface area contributed by atoms with Gasteiger partial charge in [0.1, 0.15) is 11.5 Å². The summed E-state index contributed by atoms with van der Waals surface area (Å²) in [5.41, 5.74) is 0. The summed E-state index contributed by atoms with van der Waals surface area (Å²) >= 11 is 0. The molecule has 1 fully saturated rings.